The van der Waals surface area contributed by atoms with Gasteiger partial charge in [0.2, 0.25) is 0 Å². The zero-order valence-electron chi connectivity index (χ0n) is 10.7. The van der Waals surface area contributed by atoms with Crippen molar-refractivity contribution in [3.8, 4) is 0 Å². The topological polar surface area (TPSA) is 125 Å². The van der Waals surface area contributed by atoms with E-state index in [0.717, 1.165) is 0 Å². The van der Waals surface area contributed by atoms with Crippen LogP contribution < -0.4 is 10.6 Å². The summed E-state index contributed by atoms with van der Waals surface area (Å²) in [5.74, 6) is -0.364. The van der Waals surface area contributed by atoms with Gasteiger partial charge in [-0.1, -0.05) is 0 Å². The molecule has 2 aromatic rings. The number of hydrogen-bond acceptors (Lipinski definition) is 4. The number of carboxylic acid groups (broad SMARTS) is 1. The first-order chi connectivity index (χ1) is 9.54. The first kappa shape index (κ1) is 13.6. The molecule has 106 valence electrons. The number of aromatic amines is 1. The van der Waals surface area contributed by atoms with E-state index in [1.807, 2.05) is 0 Å². The van der Waals surface area contributed by atoms with Crippen molar-refractivity contribution in [2.24, 2.45) is 0 Å². The fourth-order valence-electron chi connectivity index (χ4n) is 1.60. The van der Waals surface area contributed by atoms with Crippen LogP contribution >= 0.6 is 0 Å². The number of amides is 2. The Hall–Kier alpha value is -2.84. The molecule has 2 rings (SSSR count). The van der Waals surface area contributed by atoms with Crippen molar-refractivity contribution in [2.75, 3.05) is 5.32 Å². The van der Waals surface area contributed by atoms with Crippen molar-refractivity contribution < 1.29 is 14.7 Å². The van der Waals surface area contributed by atoms with Crippen LogP contribution in [0.5, 0.6) is 0 Å². The van der Waals surface area contributed by atoms with Crippen LogP contribution in [0, 0.1) is 0 Å². The minimum absolute atomic E-state index is 0.258. The molecule has 0 saturated carbocycles. The molecule has 2 aromatic heterocycles. The van der Waals surface area contributed by atoms with Gasteiger partial charge in [-0.3, -0.25) is 9.48 Å². The summed E-state index contributed by atoms with van der Waals surface area (Å²) in [6.45, 7) is 1.53. The number of hydrogen-bond donors (Lipinski definition) is 4. The highest BCUT2D eigenvalue weighted by Gasteiger charge is 2.12. The second-order valence-electron chi connectivity index (χ2n) is 4.11. The second-order valence-corrected chi connectivity index (χ2v) is 4.11. The third kappa shape index (κ3) is 3.57. The summed E-state index contributed by atoms with van der Waals surface area (Å²) < 4.78 is 1.22. The third-order valence-electron chi connectivity index (χ3n) is 2.47. The molecule has 2 amide bonds. The van der Waals surface area contributed by atoms with E-state index in [-0.39, 0.29) is 12.6 Å². The summed E-state index contributed by atoms with van der Waals surface area (Å²) in [5.41, 5.74) is 0.412. The molecular weight excluding hydrogens is 264 g/mol. The fourth-order valence-corrected chi connectivity index (χ4v) is 1.60. The van der Waals surface area contributed by atoms with Gasteiger partial charge in [-0.15, -0.1) is 0 Å². The Balaban J connectivity index is 1.88. The molecule has 0 aliphatic rings. The van der Waals surface area contributed by atoms with E-state index in [1.54, 1.807) is 19.3 Å². The number of carbonyl (C=O) groups is 2. The lowest BCUT2D eigenvalue weighted by Crippen LogP contribution is -2.31. The van der Waals surface area contributed by atoms with Gasteiger partial charge >= 0.3 is 12.0 Å². The molecule has 0 fully saturated rings. The maximum absolute atomic E-state index is 11.7. The number of aliphatic carboxylic acids is 1. The molecule has 0 spiro atoms. The Kier molecular flexibility index (Phi) is 3.99. The van der Waals surface area contributed by atoms with Gasteiger partial charge in [-0.25, -0.2) is 9.78 Å². The first-order valence-corrected chi connectivity index (χ1v) is 5.85. The quantitative estimate of drug-likeness (QED) is 0.636. The van der Waals surface area contributed by atoms with Crippen LogP contribution in [0.4, 0.5) is 10.5 Å². The standard InChI is InChI=1S/C11H14N6O3/c1-7(10-12-2-3-13-10)15-11(20)16-8-4-14-17(5-8)6-9(18)19/h2-5,7H,6H2,1H3,(H,12,13)(H,18,19)(H2,15,16,20). The van der Waals surface area contributed by atoms with E-state index in [2.05, 4.69) is 25.7 Å². The lowest BCUT2D eigenvalue weighted by atomic mass is 10.3. The number of anilines is 1. The summed E-state index contributed by atoms with van der Waals surface area (Å²) in [4.78, 5) is 29.2. The molecule has 4 N–H and O–H groups in total. The Labute approximate surface area is 114 Å². The number of carbonyl (C=O) groups excluding carboxylic acids is 1. The zero-order chi connectivity index (χ0) is 14.5. The van der Waals surface area contributed by atoms with Gasteiger partial charge in [-0.05, 0) is 6.92 Å². The smallest absolute Gasteiger partial charge is 0.325 e. The molecule has 9 nitrogen and oxygen atoms in total. The number of nitrogens with zero attached hydrogens (tertiary/aromatic N) is 3. The molecule has 20 heavy (non-hydrogen) atoms. The Bertz CT molecular complexity index is 591. The minimum Gasteiger partial charge on any atom is -0.480 e. The molecule has 2 heterocycles. The highest BCUT2D eigenvalue weighted by atomic mass is 16.4. The van der Waals surface area contributed by atoms with Crippen molar-refractivity contribution in [1.29, 1.82) is 0 Å². The van der Waals surface area contributed by atoms with Gasteiger partial charge in [0, 0.05) is 18.6 Å². The van der Waals surface area contributed by atoms with Crippen LogP contribution in [0.15, 0.2) is 24.8 Å². The highest BCUT2D eigenvalue weighted by molar-refractivity contribution is 5.89. The summed E-state index contributed by atoms with van der Waals surface area (Å²) in [6, 6.07) is -0.706. The zero-order valence-corrected chi connectivity index (χ0v) is 10.7. The molecule has 0 saturated heterocycles. The van der Waals surface area contributed by atoms with Crippen molar-refractivity contribution >= 4 is 17.7 Å². The number of carboxylic acids is 1. The Morgan fingerprint density at radius 3 is 3.00 bits per heavy atom. The molecule has 0 aromatic carbocycles. The van der Waals surface area contributed by atoms with E-state index < -0.39 is 12.0 Å². The fraction of sp³-hybridized carbons (Fsp3) is 0.273. The third-order valence-corrected chi connectivity index (χ3v) is 2.47. The molecule has 0 radical (unpaired) electrons. The van der Waals surface area contributed by atoms with E-state index in [9.17, 15) is 9.59 Å². The molecule has 0 bridgehead atoms. The number of nitrogens with one attached hydrogen (secondary N) is 3. The van der Waals surface area contributed by atoms with Crippen LogP contribution in [0.1, 0.15) is 18.8 Å². The van der Waals surface area contributed by atoms with Crippen LogP contribution in [-0.2, 0) is 11.3 Å². The van der Waals surface area contributed by atoms with Gasteiger partial charge in [0.05, 0.1) is 17.9 Å². The Morgan fingerprint density at radius 1 is 1.55 bits per heavy atom. The normalized spacial score (nSPS) is 11.8. The average Bonchev–Trinajstić information content (AvgIpc) is 2.99. The SMILES string of the molecule is CC(NC(=O)Nc1cnn(CC(=O)O)c1)c1ncc[nH]1. The average molecular weight is 278 g/mol. The molecule has 1 atom stereocenters. The van der Waals surface area contributed by atoms with Crippen LogP contribution in [0.25, 0.3) is 0 Å². The van der Waals surface area contributed by atoms with Crippen LogP contribution in [0.3, 0.4) is 0 Å². The lowest BCUT2D eigenvalue weighted by molar-refractivity contribution is -0.137. The van der Waals surface area contributed by atoms with Gasteiger partial charge in [0.1, 0.15) is 12.4 Å². The van der Waals surface area contributed by atoms with E-state index in [1.165, 1.54) is 17.1 Å². The Morgan fingerprint density at radius 2 is 2.35 bits per heavy atom. The summed E-state index contributed by atoms with van der Waals surface area (Å²) >= 11 is 0. The van der Waals surface area contributed by atoms with E-state index in [4.69, 9.17) is 5.11 Å². The summed E-state index contributed by atoms with van der Waals surface area (Å²) in [6.07, 6.45) is 6.08. The second kappa shape index (κ2) is 5.87. The predicted molar refractivity (Wildman–Crippen MR) is 69.0 cm³/mol. The van der Waals surface area contributed by atoms with Crippen molar-refractivity contribution in [2.45, 2.75) is 19.5 Å². The summed E-state index contributed by atoms with van der Waals surface area (Å²) in [7, 11) is 0. The summed E-state index contributed by atoms with van der Waals surface area (Å²) in [5, 5.41) is 17.7. The van der Waals surface area contributed by atoms with E-state index >= 15 is 0 Å². The van der Waals surface area contributed by atoms with Crippen LogP contribution in [0.2, 0.25) is 0 Å². The molecule has 0 aliphatic carbocycles. The maximum Gasteiger partial charge on any atom is 0.325 e. The molecule has 9 heteroatoms. The van der Waals surface area contributed by atoms with Crippen molar-refractivity contribution in [3.63, 3.8) is 0 Å². The molecule has 0 aliphatic heterocycles. The highest BCUT2D eigenvalue weighted by Crippen LogP contribution is 2.08. The maximum atomic E-state index is 11.7. The number of H-pyrrole nitrogens is 1. The monoisotopic (exact) mass is 278 g/mol. The van der Waals surface area contributed by atoms with Crippen molar-refractivity contribution in [3.05, 3.63) is 30.6 Å². The largest absolute Gasteiger partial charge is 0.480 e. The minimum atomic E-state index is -1.00. The van der Waals surface area contributed by atoms with Gasteiger partial charge in [-0.2, -0.15) is 5.10 Å². The van der Waals surface area contributed by atoms with Gasteiger partial charge < -0.3 is 20.7 Å². The number of urea groups is 1. The van der Waals surface area contributed by atoms with E-state index in [0.29, 0.717) is 11.5 Å². The molecule has 1 unspecified atom stereocenters. The number of rotatable bonds is 5. The number of aromatic nitrogens is 4. The first-order valence-electron chi connectivity index (χ1n) is 5.85. The van der Waals surface area contributed by atoms with Crippen molar-refractivity contribution in [1.82, 2.24) is 25.1 Å². The van der Waals surface area contributed by atoms with Gasteiger partial charge in [0.15, 0.2) is 0 Å². The number of imidazole rings is 1. The van der Waals surface area contributed by atoms with Crippen LogP contribution in [-0.4, -0.2) is 36.9 Å². The van der Waals surface area contributed by atoms with Gasteiger partial charge in [0.25, 0.3) is 0 Å². The molecular formula is C11H14N6O3. The predicted octanol–water partition coefficient (Wildman–Crippen LogP) is 0.573. The lowest BCUT2D eigenvalue weighted by Gasteiger charge is -2.11.